The van der Waals surface area contributed by atoms with Crippen molar-refractivity contribution in [1.82, 2.24) is 9.88 Å². The number of oxazole rings is 1. The maximum Gasteiger partial charge on any atom is 0.223 e. The van der Waals surface area contributed by atoms with Crippen molar-refractivity contribution in [2.45, 2.75) is 44.4 Å². The van der Waals surface area contributed by atoms with Crippen molar-refractivity contribution in [1.29, 1.82) is 0 Å². The number of piperidine rings is 1. The number of ether oxygens (including phenoxy) is 2. The lowest BCUT2D eigenvalue weighted by molar-refractivity contribution is -0.150. The Bertz CT molecular complexity index is 788. The van der Waals surface area contributed by atoms with Gasteiger partial charge in [0.15, 0.2) is 17.9 Å². The molecule has 2 aliphatic heterocycles. The predicted octanol–water partition coefficient (Wildman–Crippen LogP) is 3.68. The van der Waals surface area contributed by atoms with Gasteiger partial charge in [0.05, 0.1) is 30.5 Å². The van der Waals surface area contributed by atoms with Crippen molar-refractivity contribution >= 4 is 17.5 Å². The highest BCUT2D eigenvalue weighted by Crippen LogP contribution is 2.29. The number of halogens is 1. The highest BCUT2D eigenvalue weighted by Gasteiger charge is 2.36. The Balaban J connectivity index is 1.38. The number of carbonyl (C=O) groups is 1. The summed E-state index contributed by atoms with van der Waals surface area (Å²) < 4.78 is 17.1. The molecule has 0 N–H and O–H groups in total. The van der Waals surface area contributed by atoms with Gasteiger partial charge in [0, 0.05) is 24.9 Å². The smallest absolute Gasteiger partial charge is 0.223 e. The zero-order chi connectivity index (χ0) is 18.6. The number of hydrogen-bond donors (Lipinski definition) is 0. The lowest BCUT2D eigenvalue weighted by Gasteiger charge is -2.38. The first kappa shape index (κ1) is 18.5. The van der Waals surface area contributed by atoms with E-state index in [1.165, 1.54) is 0 Å². The number of amides is 1. The molecular weight excluding hydrogens is 368 g/mol. The number of benzene rings is 1. The minimum atomic E-state index is -0.289. The van der Waals surface area contributed by atoms with Crippen LogP contribution in [0.25, 0.3) is 11.3 Å². The van der Waals surface area contributed by atoms with Crippen LogP contribution in [0.4, 0.5) is 0 Å². The van der Waals surface area contributed by atoms with Gasteiger partial charge in [-0.1, -0.05) is 23.7 Å². The predicted molar refractivity (Wildman–Crippen MR) is 100 cm³/mol. The van der Waals surface area contributed by atoms with Crippen molar-refractivity contribution in [3.63, 3.8) is 0 Å². The first-order valence-electron chi connectivity index (χ1n) is 9.44. The number of hydrogen-bond acceptors (Lipinski definition) is 5. The van der Waals surface area contributed by atoms with Gasteiger partial charge in [0.25, 0.3) is 0 Å². The van der Waals surface area contributed by atoms with E-state index in [2.05, 4.69) is 4.98 Å². The normalized spacial score (nSPS) is 20.9. The van der Waals surface area contributed by atoms with Crippen molar-refractivity contribution in [3.05, 3.63) is 41.4 Å². The molecule has 2 aromatic rings. The average Bonchev–Trinajstić information content (AvgIpc) is 3.39. The summed E-state index contributed by atoms with van der Waals surface area (Å²) in [6.45, 7) is 1.96. The highest BCUT2D eigenvalue weighted by molar-refractivity contribution is 6.33. The minimum absolute atomic E-state index is 0.0111. The molecule has 3 heterocycles. The Labute approximate surface area is 163 Å². The van der Waals surface area contributed by atoms with Crippen LogP contribution >= 0.6 is 11.6 Å². The third-order valence-electron chi connectivity index (χ3n) is 5.08. The summed E-state index contributed by atoms with van der Waals surface area (Å²) in [7, 11) is 0. The molecule has 0 spiro atoms. The van der Waals surface area contributed by atoms with E-state index in [1.54, 1.807) is 6.20 Å². The van der Waals surface area contributed by atoms with Gasteiger partial charge in [-0.05, 0) is 31.4 Å². The largest absolute Gasteiger partial charge is 0.441 e. The molecule has 6 nitrogen and oxygen atoms in total. The maximum absolute atomic E-state index is 12.8. The van der Waals surface area contributed by atoms with Crippen molar-refractivity contribution in [3.8, 4) is 11.3 Å². The number of rotatable bonds is 5. The van der Waals surface area contributed by atoms with E-state index >= 15 is 0 Å². The second-order valence-electron chi connectivity index (χ2n) is 6.86. The monoisotopic (exact) mass is 390 g/mol. The molecule has 7 heteroatoms. The van der Waals surface area contributed by atoms with E-state index < -0.39 is 0 Å². The van der Waals surface area contributed by atoms with Crippen LogP contribution in [0.15, 0.2) is 34.9 Å². The first-order chi connectivity index (χ1) is 13.2. The molecule has 1 unspecified atom stereocenters. The Hall–Kier alpha value is -1.89. The van der Waals surface area contributed by atoms with Gasteiger partial charge in [0.2, 0.25) is 5.91 Å². The zero-order valence-electron chi connectivity index (χ0n) is 15.1. The average molecular weight is 391 g/mol. The van der Waals surface area contributed by atoms with E-state index in [9.17, 15) is 4.79 Å². The Morgan fingerprint density at radius 1 is 1.22 bits per heavy atom. The van der Waals surface area contributed by atoms with Gasteiger partial charge >= 0.3 is 0 Å². The topological polar surface area (TPSA) is 64.8 Å². The fraction of sp³-hybridized carbons (Fsp3) is 0.500. The summed E-state index contributed by atoms with van der Waals surface area (Å²) in [6, 6.07) is 7.48. The van der Waals surface area contributed by atoms with Gasteiger partial charge in [-0.3, -0.25) is 4.79 Å². The van der Waals surface area contributed by atoms with Gasteiger partial charge in [-0.25, -0.2) is 4.98 Å². The van der Waals surface area contributed by atoms with Crippen LogP contribution in [-0.2, 0) is 20.7 Å². The van der Waals surface area contributed by atoms with E-state index in [1.807, 2.05) is 29.2 Å². The summed E-state index contributed by atoms with van der Waals surface area (Å²) >= 11 is 6.20. The lowest BCUT2D eigenvalue weighted by Crippen LogP contribution is -2.50. The fourth-order valence-corrected chi connectivity index (χ4v) is 3.95. The summed E-state index contributed by atoms with van der Waals surface area (Å²) in [5, 5.41) is 0.615. The van der Waals surface area contributed by atoms with Crippen LogP contribution in [0.3, 0.4) is 0 Å². The van der Waals surface area contributed by atoms with E-state index in [0.29, 0.717) is 42.7 Å². The van der Waals surface area contributed by atoms with Gasteiger partial charge in [-0.2, -0.15) is 0 Å². The van der Waals surface area contributed by atoms with Gasteiger partial charge < -0.3 is 18.8 Å². The van der Waals surface area contributed by atoms with Gasteiger partial charge in [0.1, 0.15) is 0 Å². The van der Waals surface area contributed by atoms with Crippen molar-refractivity contribution in [2.24, 2.45) is 0 Å². The first-order valence-corrected chi connectivity index (χ1v) is 9.82. The standard InChI is InChI=1S/C20H23ClN2O4/c21-15-6-2-1-5-14(15)17-13-22-18(27-17)8-9-19(24)23-10-4-3-7-16(23)20-25-11-12-26-20/h1-2,5-6,13,16,20H,3-4,7-12H2. The molecule has 1 amide bonds. The molecule has 1 aromatic carbocycles. The van der Waals surface area contributed by atoms with Crippen molar-refractivity contribution < 1.29 is 18.7 Å². The molecule has 1 atom stereocenters. The Morgan fingerprint density at radius 3 is 2.85 bits per heavy atom. The minimum Gasteiger partial charge on any atom is -0.441 e. The lowest BCUT2D eigenvalue weighted by atomic mass is 10.0. The van der Waals surface area contributed by atoms with Crippen LogP contribution in [-0.4, -0.2) is 47.9 Å². The number of nitrogens with zero attached hydrogens (tertiary/aromatic N) is 2. The maximum atomic E-state index is 12.8. The van der Waals surface area contributed by atoms with Crippen LogP contribution in [0.1, 0.15) is 31.6 Å². The highest BCUT2D eigenvalue weighted by atomic mass is 35.5. The SMILES string of the molecule is O=C(CCc1ncc(-c2ccccc2Cl)o1)N1CCCCC1C1OCCO1. The number of likely N-dealkylation sites (tertiary alicyclic amines) is 1. The zero-order valence-corrected chi connectivity index (χ0v) is 15.9. The van der Waals surface area contributed by atoms with Crippen LogP contribution in [0.5, 0.6) is 0 Å². The Morgan fingerprint density at radius 2 is 2.04 bits per heavy atom. The van der Waals surface area contributed by atoms with E-state index in [-0.39, 0.29) is 18.2 Å². The molecule has 1 aromatic heterocycles. The summed E-state index contributed by atoms with van der Waals surface area (Å²) in [5.41, 5.74) is 0.802. The summed E-state index contributed by atoms with van der Waals surface area (Å²) in [5.74, 6) is 1.25. The van der Waals surface area contributed by atoms with Crippen LogP contribution < -0.4 is 0 Å². The van der Waals surface area contributed by atoms with Gasteiger partial charge in [-0.15, -0.1) is 0 Å². The Kier molecular flexibility index (Phi) is 5.76. The molecule has 27 heavy (non-hydrogen) atoms. The quantitative estimate of drug-likeness (QED) is 0.779. The number of aryl methyl sites for hydroxylation is 1. The number of aromatic nitrogens is 1. The molecule has 4 rings (SSSR count). The molecule has 144 valence electrons. The van der Waals surface area contributed by atoms with Crippen LogP contribution in [0.2, 0.25) is 5.02 Å². The molecule has 0 radical (unpaired) electrons. The molecular formula is C20H23ClN2O4. The van der Waals surface area contributed by atoms with Crippen LogP contribution in [0, 0.1) is 0 Å². The van der Waals surface area contributed by atoms with E-state index in [4.69, 9.17) is 25.5 Å². The summed E-state index contributed by atoms with van der Waals surface area (Å²) in [6.07, 6.45) is 5.22. The van der Waals surface area contributed by atoms with Crippen molar-refractivity contribution in [2.75, 3.05) is 19.8 Å². The molecule has 0 aliphatic carbocycles. The molecule has 2 aliphatic rings. The molecule has 2 fully saturated rings. The molecule has 0 saturated carbocycles. The second kappa shape index (κ2) is 8.42. The third kappa shape index (κ3) is 4.18. The third-order valence-corrected chi connectivity index (χ3v) is 5.41. The molecule has 2 saturated heterocycles. The fourth-order valence-electron chi connectivity index (χ4n) is 3.72. The van der Waals surface area contributed by atoms with E-state index in [0.717, 1.165) is 31.4 Å². The number of carbonyl (C=O) groups excluding carboxylic acids is 1. The summed E-state index contributed by atoms with van der Waals surface area (Å²) in [4.78, 5) is 19.0. The second-order valence-corrected chi connectivity index (χ2v) is 7.27. The molecule has 0 bridgehead atoms.